The molecule has 0 atom stereocenters. The summed E-state index contributed by atoms with van der Waals surface area (Å²) < 4.78 is 39.3. The number of quaternary nitrogens is 1. The number of benzene rings is 1. The van der Waals surface area contributed by atoms with Crippen LogP contribution in [0.15, 0.2) is 40.8 Å². The second-order valence-electron chi connectivity index (χ2n) is 8.81. The summed E-state index contributed by atoms with van der Waals surface area (Å²) in [4.78, 5) is 5.10. The third kappa shape index (κ3) is 7.77. The van der Waals surface area contributed by atoms with Gasteiger partial charge in [-0.05, 0) is 45.0 Å². The first-order valence-electron chi connectivity index (χ1n) is 12.1. The molecule has 3 aliphatic rings. The summed E-state index contributed by atoms with van der Waals surface area (Å²) >= 11 is 0. The van der Waals surface area contributed by atoms with Gasteiger partial charge in [-0.1, -0.05) is 10.2 Å². The van der Waals surface area contributed by atoms with Crippen LogP contribution in [-0.4, -0.2) is 95.5 Å². The van der Waals surface area contributed by atoms with Gasteiger partial charge in [-0.25, -0.2) is 4.57 Å². The van der Waals surface area contributed by atoms with Gasteiger partial charge in [0.25, 0.3) is 0 Å². The van der Waals surface area contributed by atoms with Crippen molar-refractivity contribution < 1.29 is 26.7 Å². The molecule has 13 heteroatoms. The van der Waals surface area contributed by atoms with Crippen LogP contribution in [0.1, 0.15) is 20.8 Å². The van der Waals surface area contributed by atoms with Crippen LogP contribution in [0.25, 0.3) is 0 Å². The molecule has 0 saturated carbocycles. The fraction of sp³-hybridized carbons (Fsp3) is 0.636. The minimum Gasteiger partial charge on any atom is -0.759 e. The quantitative estimate of drug-likeness (QED) is 0.164. The van der Waals surface area contributed by atoms with Gasteiger partial charge in [-0.15, -0.1) is 4.68 Å². The van der Waals surface area contributed by atoms with Gasteiger partial charge in [0.2, 0.25) is 0 Å². The number of rotatable bonds is 9. The zero-order chi connectivity index (χ0) is 25.5. The Morgan fingerprint density at radius 3 is 2.17 bits per heavy atom. The predicted octanol–water partition coefficient (Wildman–Crippen LogP) is 1.26. The van der Waals surface area contributed by atoms with Crippen molar-refractivity contribution in [3.63, 3.8) is 0 Å². The van der Waals surface area contributed by atoms with Crippen LogP contribution in [0.2, 0.25) is 0 Å². The van der Waals surface area contributed by atoms with E-state index < -0.39 is 10.4 Å². The number of piperazine rings is 3. The molecule has 194 valence electrons. The third-order valence-electron chi connectivity index (χ3n) is 6.83. The summed E-state index contributed by atoms with van der Waals surface area (Å²) in [7, 11) is -5.17. The van der Waals surface area contributed by atoms with E-state index in [-0.39, 0.29) is 0 Å². The highest BCUT2D eigenvalue weighted by Crippen LogP contribution is 2.23. The third-order valence-corrected chi connectivity index (χ3v) is 6.83. The Morgan fingerprint density at radius 1 is 1.06 bits per heavy atom. The molecule has 2 bridgehead atoms. The van der Waals surface area contributed by atoms with Gasteiger partial charge in [0.15, 0.2) is 6.33 Å². The van der Waals surface area contributed by atoms with Gasteiger partial charge in [-0.2, -0.15) is 0 Å². The molecule has 3 aliphatic heterocycles. The number of azo groups is 1. The van der Waals surface area contributed by atoms with Gasteiger partial charge in [0, 0.05) is 47.4 Å². The van der Waals surface area contributed by atoms with E-state index in [9.17, 15) is 0 Å². The monoisotopic (exact) mass is 508 g/mol. The maximum absolute atomic E-state index is 8.52. The number of fused-ring (bicyclic) bond motifs is 3. The molecule has 0 aliphatic carbocycles. The fourth-order valence-electron chi connectivity index (χ4n) is 4.63. The van der Waals surface area contributed by atoms with Crippen LogP contribution in [0.3, 0.4) is 0 Å². The van der Waals surface area contributed by atoms with E-state index in [4.69, 9.17) is 17.5 Å². The van der Waals surface area contributed by atoms with Crippen molar-refractivity contribution in [1.29, 1.82) is 0 Å². The van der Waals surface area contributed by atoms with Crippen molar-refractivity contribution in [3.05, 3.63) is 30.6 Å². The Bertz CT molecular complexity index is 1040. The maximum Gasteiger partial charge on any atom is 0.441 e. The lowest BCUT2D eigenvalue weighted by atomic mass is 10.1. The first-order chi connectivity index (χ1) is 16.7. The summed E-state index contributed by atoms with van der Waals surface area (Å²) in [5, 5.41) is 13.3. The number of hydrogen-bond donors (Lipinski definition) is 0. The zero-order valence-electron chi connectivity index (χ0n) is 20.8. The predicted molar refractivity (Wildman–Crippen MR) is 129 cm³/mol. The summed E-state index contributed by atoms with van der Waals surface area (Å²) in [6, 6.07) is 8.49. The average Bonchev–Trinajstić information content (AvgIpc) is 3.26. The normalized spacial score (nSPS) is 21.7. The molecular formula is C22H36N8O4S. The minimum absolute atomic E-state index is 0.782. The van der Waals surface area contributed by atoms with Gasteiger partial charge >= 0.3 is 5.95 Å². The number of hydrogen-bond acceptors (Lipinski definition) is 9. The average molecular weight is 509 g/mol. The highest BCUT2D eigenvalue weighted by atomic mass is 32.3. The lowest BCUT2D eigenvalue weighted by Gasteiger charge is -2.51. The molecule has 2 aromatic rings. The van der Waals surface area contributed by atoms with Gasteiger partial charge in [0.05, 0.1) is 45.8 Å². The lowest BCUT2D eigenvalue weighted by Crippen LogP contribution is -2.68. The van der Waals surface area contributed by atoms with E-state index in [1.54, 1.807) is 0 Å². The number of nitrogens with zero attached hydrogens (tertiary/aromatic N) is 8. The SMILES string of the molecule is CCN(CC[N+]12CCN(CC1)CC2)c1ccc(/N=N/c2n(CC)cn[n+]2CC)cc1.O=S(=O)([O-])[O-]. The highest BCUT2D eigenvalue weighted by molar-refractivity contribution is 7.79. The smallest absolute Gasteiger partial charge is 0.441 e. The van der Waals surface area contributed by atoms with E-state index >= 15 is 0 Å². The maximum atomic E-state index is 8.52. The Balaban J connectivity index is 0.000000623. The van der Waals surface area contributed by atoms with E-state index in [0.717, 1.165) is 37.8 Å². The minimum atomic E-state index is -5.17. The molecule has 0 radical (unpaired) electrons. The van der Waals surface area contributed by atoms with Crippen LogP contribution in [0.5, 0.6) is 0 Å². The molecule has 3 fully saturated rings. The number of aryl methyl sites for hydroxylation is 2. The summed E-state index contributed by atoms with van der Waals surface area (Å²) in [5.74, 6) is 0.787. The van der Waals surface area contributed by atoms with E-state index in [2.05, 4.69) is 70.2 Å². The molecule has 1 aromatic carbocycles. The van der Waals surface area contributed by atoms with Crippen molar-refractivity contribution in [2.75, 3.05) is 63.8 Å². The molecule has 1 aromatic heterocycles. The first kappa shape index (κ1) is 27.1. The Morgan fingerprint density at radius 2 is 1.66 bits per heavy atom. The molecule has 12 nitrogen and oxygen atoms in total. The van der Waals surface area contributed by atoms with Crippen LogP contribution in [0.4, 0.5) is 17.3 Å². The van der Waals surface area contributed by atoms with E-state index in [0.29, 0.717) is 0 Å². The fourth-order valence-corrected chi connectivity index (χ4v) is 4.63. The van der Waals surface area contributed by atoms with Crippen LogP contribution >= 0.6 is 0 Å². The lowest BCUT2D eigenvalue weighted by molar-refractivity contribution is -0.939. The molecular weight excluding hydrogens is 472 g/mol. The second-order valence-corrected chi connectivity index (χ2v) is 9.63. The van der Waals surface area contributed by atoms with Crippen molar-refractivity contribution >= 4 is 27.7 Å². The largest absolute Gasteiger partial charge is 0.759 e. The molecule has 35 heavy (non-hydrogen) atoms. The van der Waals surface area contributed by atoms with Crippen LogP contribution in [0, 0.1) is 0 Å². The number of likely N-dealkylation sites (N-methyl/N-ethyl adjacent to an activating group) is 1. The van der Waals surface area contributed by atoms with E-state index in [1.807, 2.05) is 15.6 Å². The molecule has 0 amide bonds. The van der Waals surface area contributed by atoms with Gasteiger partial charge in [-0.3, -0.25) is 13.3 Å². The number of aromatic nitrogens is 3. The van der Waals surface area contributed by atoms with Gasteiger partial charge < -0.3 is 18.5 Å². The van der Waals surface area contributed by atoms with Crippen molar-refractivity contribution in [3.8, 4) is 0 Å². The van der Waals surface area contributed by atoms with Crippen molar-refractivity contribution in [1.82, 2.24) is 14.6 Å². The topological polar surface area (TPSA) is 133 Å². The second kappa shape index (κ2) is 12.0. The molecule has 0 spiro atoms. The Kier molecular flexibility index (Phi) is 9.30. The highest BCUT2D eigenvalue weighted by Gasteiger charge is 2.38. The molecule has 0 N–H and O–H groups in total. The van der Waals surface area contributed by atoms with Crippen LogP contribution in [-0.2, 0) is 23.5 Å². The summed E-state index contributed by atoms with van der Waals surface area (Å²) in [6.45, 7) is 19.2. The molecule has 0 unspecified atom stereocenters. The Labute approximate surface area is 207 Å². The van der Waals surface area contributed by atoms with Gasteiger partial charge in [0.1, 0.15) is 5.69 Å². The first-order valence-corrected chi connectivity index (χ1v) is 13.5. The standard InChI is InChI=1S/C22H36N8.H2O4S/c1-4-27(14-18-30-15-11-26(12-16-30)13-17-30)21-9-7-20(8-10-21)24-25-22-28(5-2)19-23-29(22)6-3;1-5(2,3)4/h7-10,19H,4-6,11-18H2,1-3H3;(H2,1,2,3,4)/q+2;/p-2. The van der Waals surface area contributed by atoms with E-state index in [1.165, 1.54) is 56.0 Å². The summed E-state index contributed by atoms with van der Waals surface area (Å²) in [5.41, 5.74) is 2.14. The zero-order valence-corrected chi connectivity index (χ0v) is 21.6. The molecule has 3 saturated heterocycles. The molecule has 5 rings (SSSR count). The Hall–Kier alpha value is -2.45. The number of anilines is 1. The summed E-state index contributed by atoms with van der Waals surface area (Å²) in [6.07, 6.45) is 1.81. The van der Waals surface area contributed by atoms with Crippen molar-refractivity contribution in [2.24, 2.45) is 10.2 Å². The molecule has 4 heterocycles. The van der Waals surface area contributed by atoms with Crippen LogP contribution < -0.4 is 9.58 Å². The van der Waals surface area contributed by atoms with Crippen molar-refractivity contribution in [2.45, 2.75) is 33.9 Å².